The van der Waals surface area contributed by atoms with Gasteiger partial charge in [-0.15, -0.1) is 5.10 Å². The Kier molecular flexibility index (Phi) is 5.07. The third-order valence-electron chi connectivity index (χ3n) is 3.28. The second kappa shape index (κ2) is 7.44. The Morgan fingerprint density at radius 1 is 1.12 bits per heavy atom. The van der Waals surface area contributed by atoms with Crippen LogP contribution >= 0.6 is 0 Å². The molecule has 0 saturated carbocycles. The number of hydrogen-bond acceptors (Lipinski definition) is 6. The Hall–Kier alpha value is -3.08. The fraction of sp³-hybridized carbons (Fsp3) is 0.133. The number of hydrogen-bond donors (Lipinski definition) is 2. The summed E-state index contributed by atoms with van der Waals surface area (Å²) in [5, 5.41) is 10.5. The second-order valence-electron chi connectivity index (χ2n) is 5.24. The minimum Gasteiger partial charge on any atom is -0.368 e. The lowest BCUT2D eigenvalue weighted by molar-refractivity contribution is 0.584. The standard InChI is InChI=1S/C15H14F2N6O2S/c16-11-7-12(17)9-13(8-11)21-26(24,25)14-1-2-15(19-10-14)18-3-5-23-6-4-20-22-23/h1-2,4,6-10,21H,3,5H2,(H,18,19). The molecule has 0 unspecified atom stereocenters. The van der Waals surface area contributed by atoms with Crippen LogP contribution in [0.1, 0.15) is 0 Å². The van der Waals surface area contributed by atoms with Crippen LogP contribution < -0.4 is 10.0 Å². The maximum absolute atomic E-state index is 13.2. The van der Waals surface area contributed by atoms with Crippen LogP contribution in [0.4, 0.5) is 20.3 Å². The van der Waals surface area contributed by atoms with Crippen LogP contribution in [0.15, 0.2) is 53.8 Å². The van der Waals surface area contributed by atoms with E-state index in [0.29, 0.717) is 25.0 Å². The van der Waals surface area contributed by atoms with Crippen molar-refractivity contribution in [3.05, 3.63) is 60.6 Å². The maximum Gasteiger partial charge on any atom is 0.263 e. The van der Waals surface area contributed by atoms with Gasteiger partial charge in [-0.2, -0.15) is 0 Å². The summed E-state index contributed by atoms with van der Waals surface area (Å²) in [4.78, 5) is 3.88. The fourth-order valence-electron chi connectivity index (χ4n) is 2.12. The molecule has 0 radical (unpaired) electrons. The van der Waals surface area contributed by atoms with Gasteiger partial charge in [0.25, 0.3) is 10.0 Å². The summed E-state index contributed by atoms with van der Waals surface area (Å²) in [5.41, 5.74) is -0.211. The predicted octanol–water partition coefficient (Wildman–Crippen LogP) is 1.86. The lowest BCUT2D eigenvalue weighted by Gasteiger charge is -2.09. The normalized spacial score (nSPS) is 11.3. The summed E-state index contributed by atoms with van der Waals surface area (Å²) in [6.45, 7) is 1.08. The zero-order chi connectivity index (χ0) is 18.6. The number of benzene rings is 1. The average Bonchev–Trinajstić information content (AvgIpc) is 3.07. The van der Waals surface area contributed by atoms with E-state index in [9.17, 15) is 17.2 Å². The lowest BCUT2D eigenvalue weighted by Crippen LogP contribution is -2.15. The topological polar surface area (TPSA) is 102 Å². The molecule has 0 fully saturated rings. The first-order valence-corrected chi connectivity index (χ1v) is 8.94. The highest BCUT2D eigenvalue weighted by Gasteiger charge is 2.15. The summed E-state index contributed by atoms with van der Waals surface area (Å²) in [6, 6.07) is 5.24. The fourth-order valence-corrected chi connectivity index (χ4v) is 3.11. The van der Waals surface area contributed by atoms with Crippen LogP contribution in [0, 0.1) is 11.6 Å². The van der Waals surface area contributed by atoms with Gasteiger partial charge in [0, 0.05) is 25.0 Å². The van der Waals surface area contributed by atoms with Gasteiger partial charge in [0.05, 0.1) is 18.4 Å². The zero-order valence-corrected chi connectivity index (χ0v) is 14.1. The Morgan fingerprint density at radius 3 is 2.50 bits per heavy atom. The Morgan fingerprint density at radius 2 is 1.88 bits per heavy atom. The summed E-state index contributed by atoms with van der Waals surface area (Å²) in [5.74, 6) is -1.29. The van der Waals surface area contributed by atoms with Crippen molar-refractivity contribution in [2.75, 3.05) is 16.6 Å². The van der Waals surface area contributed by atoms with Gasteiger partial charge in [-0.3, -0.25) is 9.40 Å². The van der Waals surface area contributed by atoms with Crippen molar-refractivity contribution in [1.29, 1.82) is 0 Å². The van der Waals surface area contributed by atoms with Crippen LogP contribution in [-0.2, 0) is 16.6 Å². The highest BCUT2D eigenvalue weighted by molar-refractivity contribution is 7.92. The molecule has 0 aliphatic rings. The molecule has 2 N–H and O–H groups in total. The summed E-state index contributed by atoms with van der Waals surface area (Å²) in [7, 11) is -4.02. The molecule has 2 aromatic heterocycles. The van der Waals surface area contributed by atoms with E-state index in [1.165, 1.54) is 12.1 Å². The molecule has 26 heavy (non-hydrogen) atoms. The molecule has 0 bridgehead atoms. The monoisotopic (exact) mass is 380 g/mol. The SMILES string of the molecule is O=S(=O)(Nc1cc(F)cc(F)c1)c1ccc(NCCn2ccnn2)nc1. The number of nitrogens with zero attached hydrogens (tertiary/aromatic N) is 4. The van der Waals surface area contributed by atoms with Crippen molar-refractivity contribution in [2.45, 2.75) is 11.4 Å². The third kappa shape index (κ3) is 4.51. The lowest BCUT2D eigenvalue weighted by atomic mass is 10.3. The smallest absolute Gasteiger partial charge is 0.263 e. The molecule has 8 nitrogen and oxygen atoms in total. The van der Waals surface area contributed by atoms with Gasteiger partial charge in [0.1, 0.15) is 22.3 Å². The van der Waals surface area contributed by atoms with E-state index in [4.69, 9.17) is 0 Å². The van der Waals surface area contributed by atoms with Gasteiger partial charge in [-0.25, -0.2) is 22.2 Å². The van der Waals surface area contributed by atoms with Crippen LogP contribution in [0.2, 0.25) is 0 Å². The molecule has 0 spiro atoms. The first-order chi connectivity index (χ1) is 12.4. The van der Waals surface area contributed by atoms with E-state index in [2.05, 4.69) is 25.3 Å². The summed E-state index contributed by atoms with van der Waals surface area (Å²) in [6.07, 6.45) is 4.43. The van der Waals surface area contributed by atoms with E-state index in [1.54, 1.807) is 17.1 Å². The second-order valence-corrected chi connectivity index (χ2v) is 6.92. The van der Waals surface area contributed by atoms with E-state index in [1.807, 2.05) is 0 Å². The quantitative estimate of drug-likeness (QED) is 0.649. The first kappa shape index (κ1) is 17.7. The van der Waals surface area contributed by atoms with Crippen molar-refractivity contribution < 1.29 is 17.2 Å². The molecule has 136 valence electrons. The van der Waals surface area contributed by atoms with E-state index in [0.717, 1.165) is 18.3 Å². The molecule has 1 aromatic carbocycles. The van der Waals surface area contributed by atoms with Gasteiger partial charge < -0.3 is 5.32 Å². The number of anilines is 2. The summed E-state index contributed by atoms with van der Waals surface area (Å²) >= 11 is 0. The molecule has 2 heterocycles. The molecule has 11 heteroatoms. The first-order valence-electron chi connectivity index (χ1n) is 7.45. The minimum atomic E-state index is -4.02. The highest BCUT2D eigenvalue weighted by atomic mass is 32.2. The minimum absolute atomic E-state index is 0.135. The largest absolute Gasteiger partial charge is 0.368 e. The molecule has 0 saturated heterocycles. The van der Waals surface area contributed by atoms with E-state index < -0.39 is 21.7 Å². The number of sulfonamides is 1. The van der Waals surface area contributed by atoms with Gasteiger partial charge in [-0.1, -0.05) is 5.21 Å². The Labute approximate surface area is 147 Å². The van der Waals surface area contributed by atoms with Gasteiger partial charge in [-0.05, 0) is 24.3 Å². The predicted molar refractivity (Wildman–Crippen MR) is 89.9 cm³/mol. The molecular weight excluding hydrogens is 366 g/mol. The number of nitrogens with one attached hydrogen (secondary N) is 2. The molecular formula is C15H14F2N6O2S. The van der Waals surface area contributed by atoms with Crippen LogP contribution in [0.5, 0.6) is 0 Å². The van der Waals surface area contributed by atoms with Crippen LogP contribution in [-0.4, -0.2) is 34.9 Å². The Bertz CT molecular complexity index is 958. The van der Waals surface area contributed by atoms with Crippen molar-refractivity contribution >= 4 is 21.5 Å². The third-order valence-corrected chi connectivity index (χ3v) is 4.65. The zero-order valence-electron chi connectivity index (χ0n) is 13.3. The van der Waals surface area contributed by atoms with Crippen LogP contribution in [0.3, 0.4) is 0 Å². The van der Waals surface area contributed by atoms with Crippen molar-refractivity contribution in [3.63, 3.8) is 0 Å². The molecule has 0 aliphatic heterocycles. The Balaban J connectivity index is 1.64. The van der Waals surface area contributed by atoms with Crippen LogP contribution in [0.25, 0.3) is 0 Å². The molecule has 0 atom stereocenters. The molecule has 0 aliphatic carbocycles. The highest BCUT2D eigenvalue weighted by Crippen LogP contribution is 2.18. The maximum atomic E-state index is 13.2. The molecule has 3 aromatic rings. The number of halogens is 2. The van der Waals surface area contributed by atoms with Gasteiger partial charge in [0.15, 0.2) is 0 Å². The number of aromatic nitrogens is 4. The van der Waals surface area contributed by atoms with Crippen molar-refractivity contribution in [2.24, 2.45) is 0 Å². The summed E-state index contributed by atoms with van der Waals surface area (Å²) < 4.78 is 54.6. The van der Waals surface area contributed by atoms with Gasteiger partial charge in [0.2, 0.25) is 0 Å². The number of rotatable bonds is 7. The molecule has 0 amide bonds. The van der Waals surface area contributed by atoms with Crippen molar-refractivity contribution in [3.8, 4) is 0 Å². The average molecular weight is 380 g/mol. The van der Waals surface area contributed by atoms with Gasteiger partial charge >= 0.3 is 0 Å². The van der Waals surface area contributed by atoms with E-state index in [-0.39, 0.29) is 10.6 Å². The number of pyridine rings is 1. The van der Waals surface area contributed by atoms with E-state index >= 15 is 0 Å². The van der Waals surface area contributed by atoms with Crippen molar-refractivity contribution in [1.82, 2.24) is 20.0 Å². The molecule has 3 rings (SSSR count).